The van der Waals surface area contributed by atoms with Gasteiger partial charge in [-0.1, -0.05) is 12.1 Å². The molecule has 0 aliphatic carbocycles. The molecule has 1 aromatic carbocycles. The third-order valence-corrected chi connectivity index (χ3v) is 7.05. The fourth-order valence-corrected chi connectivity index (χ4v) is 5.17. The number of pyridine rings is 1. The monoisotopic (exact) mass is 505 g/mol. The first-order valence-corrected chi connectivity index (χ1v) is 12.4. The predicted octanol–water partition coefficient (Wildman–Crippen LogP) is 2.86. The van der Waals surface area contributed by atoms with Crippen molar-refractivity contribution in [1.82, 2.24) is 29.2 Å². The first kappa shape index (κ1) is 23.7. The number of hydrogen-bond donors (Lipinski definition) is 1. The molecule has 2 unspecified atom stereocenters. The van der Waals surface area contributed by atoms with Gasteiger partial charge < -0.3 is 19.7 Å². The number of imidazole rings is 1. The molecule has 0 saturated carbocycles. The highest BCUT2D eigenvalue weighted by atomic mass is 32.1. The van der Waals surface area contributed by atoms with Gasteiger partial charge in [0.15, 0.2) is 11.5 Å². The second-order valence-corrected chi connectivity index (χ2v) is 9.19. The van der Waals surface area contributed by atoms with Crippen LogP contribution in [0.5, 0.6) is 11.5 Å². The summed E-state index contributed by atoms with van der Waals surface area (Å²) >= 11 is 1.29. The minimum Gasteiger partial charge on any atom is -0.493 e. The lowest BCUT2D eigenvalue weighted by Crippen LogP contribution is -2.44. The van der Waals surface area contributed by atoms with Crippen molar-refractivity contribution in [3.05, 3.63) is 72.6 Å². The first-order valence-electron chi connectivity index (χ1n) is 11.6. The van der Waals surface area contributed by atoms with Crippen LogP contribution >= 0.6 is 11.5 Å². The van der Waals surface area contributed by atoms with E-state index in [9.17, 15) is 4.79 Å². The number of nitrogens with one attached hydrogen (secondary N) is 1. The number of nitrogens with zero attached hydrogens (tertiary/aromatic N) is 6. The second kappa shape index (κ2) is 10.7. The molecule has 0 spiro atoms. The van der Waals surface area contributed by atoms with E-state index in [0.29, 0.717) is 48.5 Å². The van der Waals surface area contributed by atoms with Crippen LogP contribution in [-0.2, 0) is 11.2 Å². The Balaban J connectivity index is 1.30. The Morgan fingerprint density at radius 2 is 2.06 bits per heavy atom. The second-order valence-electron chi connectivity index (χ2n) is 8.46. The number of anilines is 1. The van der Waals surface area contributed by atoms with Gasteiger partial charge in [0.1, 0.15) is 12.4 Å². The summed E-state index contributed by atoms with van der Waals surface area (Å²) < 4.78 is 16.9. The minimum atomic E-state index is -0.357. The van der Waals surface area contributed by atoms with Crippen molar-refractivity contribution in [3.8, 4) is 17.4 Å². The van der Waals surface area contributed by atoms with Crippen molar-refractivity contribution < 1.29 is 14.3 Å². The summed E-state index contributed by atoms with van der Waals surface area (Å²) in [5.41, 5.74) is 2.17. The number of ether oxygens (including phenoxy) is 2. The van der Waals surface area contributed by atoms with Gasteiger partial charge in [-0.2, -0.15) is 9.36 Å². The molecule has 186 valence electrons. The summed E-state index contributed by atoms with van der Waals surface area (Å²) in [4.78, 5) is 28.5. The number of carbonyl (C=O) groups excluding carboxylic acids is 1. The Kier molecular flexibility index (Phi) is 7.08. The number of hydrogen-bond acceptors (Lipinski definition) is 9. The SMILES string of the molecule is COc1ccc(CCNC(=O)C2CC(c3cccnc3)CN2c2nc(-n3ccnc3)ns2)cc1OC. The smallest absolute Gasteiger partial charge is 0.248 e. The zero-order valence-electron chi connectivity index (χ0n) is 20.1. The van der Waals surface area contributed by atoms with E-state index in [1.165, 1.54) is 11.5 Å². The molecular formula is C25H27N7O3S. The van der Waals surface area contributed by atoms with Crippen molar-refractivity contribution in [3.63, 3.8) is 0 Å². The molecule has 1 N–H and O–H groups in total. The standard InChI is InChI=1S/C25H27N7O3S/c1-34-21-6-5-17(12-22(21)35-2)7-9-28-23(33)20-13-19(18-4-3-8-26-14-18)15-32(20)25-29-24(30-36-25)31-11-10-27-16-31/h3-6,8,10-12,14,16,19-20H,7,9,13,15H2,1-2H3,(H,28,33). The zero-order valence-corrected chi connectivity index (χ0v) is 20.9. The minimum absolute atomic E-state index is 0.0266. The van der Waals surface area contributed by atoms with Crippen molar-refractivity contribution in [2.45, 2.75) is 24.8 Å². The quantitative estimate of drug-likeness (QED) is 0.370. The topological polar surface area (TPSA) is 107 Å². The van der Waals surface area contributed by atoms with E-state index in [4.69, 9.17) is 14.5 Å². The van der Waals surface area contributed by atoms with Crippen LogP contribution in [0.2, 0.25) is 0 Å². The largest absolute Gasteiger partial charge is 0.493 e. The third-order valence-electron chi connectivity index (χ3n) is 6.31. The van der Waals surface area contributed by atoms with E-state index in [1.54, 1.807) is 43.7 Å². The summed E-state index contributed by atoms with van der Waals surface area (Å²) in [7, 11) is 3.22. The third kappa shape index (κ3) is 5.01. The average molecular weight is 506 g/mol. The van der Waals surface area contributed by atoms with Crippen LogP contribution in [0.15, 0.2) is 61.4 Å². The van der Waals surface area contributed by atoms with Crippen molar-refractivity contribution in [2.24, 2.45) is 0 Å². The van der Waals surface area contributed by atoms with Gasteiger partial charge in [-0.25, -0.2) is 4.98 Å². The summed E-state index contributed by atoms with van der Waals surface area (Å²) in [5, 5.41) is 3.83. The van der Waals surface area contributed by atoms with Crippen molar-refractivity contribution in [2.75, 3.05) is 32.2 Å². The van der Waals surface area contributed by atoms with Crippen LogP contribution < -0.4 is 19.7 Å². The van der Waals surface area contributed by atoms with Gasteiger partial charge in [0.2, 0.25) is 17.0 Å². The Bertz CT molecular complexity index is 1300. The van der Waals surface area contributed by atoms with E-state index in [0.717, 1.165) is 11.1 Å². The normalized spacial score (nSPS) is 17.2. The van der Waals surface area contributed by atoms with Crippen LogP contribution in [-0.4, -0.2) is 63.2 Å². The first-order chi connectivity index (χ1) is 17.7. The number of rotatable bonds is 9. The van der Waals surface area contributed by atoms with Crippen molar-refractivity contribution in [1.29, 1.82) is 0 Å². The highest BCUT2D eigenvalue weighted by Gasteiger charge is 2.39. The summed E-state index contributed by atoms with van der Waals surface area (Å²) in [6.07, 6.45) is 10.1. The van der Waals surface area contributed by atoms with E-state index >= 15 is 0 Å². The van der Waals surface area contributed by atoms with Gasteiger partial charge >= 0.3 is 0 Å². The van der Waals surface area contributed by atoms with Crippen molar-refractivity contribution >= 4 is 22.6 Å². The molecule has 36 heavy (non-hydrogen) atoms. The molecule has 0 radical (unpaired) electrons. The van der Waals surface area contributed by atoms with Crippen LogP contribution in [0.1, 0.15) is 23.5 Å². The van der Waals surface area contributed by atoms with E-state index in [1.807, 2.05) is 30.5 Å². The van der Waals surface area contributed by atoms with Gasteiger partial charge in [0, 0.05) is 55.3 Å². The maximum Gasteiger partial charge on any atom is 0.248 e. The van der Waals surface area contributed by atoms with Gasteiger partial charge in [0.05, 0.1) is 14.2 Å². The Morgan fingerprint density at radius 1 is 1.17 bits per heavy atom. The van der Waals surface area contributed by atoms with Gasteiger partial charge in [-0.05, 0) is 42.2 Å². The van der Waals surface area contributed by atoms with Crippen LogP contribution in [0.4, 0.5) is 5.13 Å². The lowest BCUT2D eigenvalue weighted by atomic mass is 9.98. The molecule has 1 amide bonds. The molecule has 0 bridgehead atoms. The van der Waals surface area contributed by atoms with Crippen LogP contribution in [0.3, 0.4) is 0 Å². The molecule has 1 fully saturated rings. The molecule has 4 aromatic rings. The predicted molar refractivity (Wildman–Crippen MR) is 136 cm³/mol. The number of amides is 1. The molecule has 10 nitrogen and oxygen atoms in total. The molecule has 5 rings (SSSR count). The Morgan fingerprint density at radius 3 is 2.81 bits per heavy atom. The average Bonchev–Trinajstić information content (AvgIpc) is 3.69. The summed E-state index contributed by atoms with van der Waals surface area (Å²) in [6.45, 7) is 1.17. The number of carbonyl (C=O) groups is 1. The Labute approximate surface area is 213 Å². The summed E-state index contributed by atoms with van der Waals surface area (Å²) in [5.74, 6) is 2.04. The maximum atomic E-state index is 13.4. The number of methoxy groups -OCH3 is 2. The van der Waals surface area contributed by atoms with Gasteiger partial charge in [0.25, 0.3) is 0 Å². The molecular weight excluding hydrogens is 478 g/mol. The molecule has 3 aromatic heterocycles. The molecule has 4 heterocycles. The fourth-order valence-electron chi connectivity index (χ4n) is 4.45. The Hall–Kier alpha value is -3.99. The molecule has 11 heteroatoms. The van der Waals surface area contributed by atoms with E-state index in [-0.39, 0.29) is 17.9 Å². The lowest BCUT2D eigenvalue weighted by molar-refractivity contribution is -0.122. The van der Waals surface area contributed by atoms with Gasteiger partial charge in [-0.15, -0.1) is 0 Å². The highest BCUT2D eigenvalue weighted by molar-refractivity contribution is 7.09. The lowest BCUT2D eigenvalue weighted by Gasteiger charge is -2.22. The van der Waals surface area contributed by atoms with E-state index in [2.05, 4.69) is 30.6 Å². The summed E-state index contributed by atoms with van der Waals surface area (Å²) in [6, 6.07) is 9.42. The van der Waals surface area contributed by atoms with Gasteiger partial charge in [-0.3, -0.25) is 14.3 Å². The zero-order chi connectivity index (χ0) is 24.9. The molecule has 1 aliphatic rings. The molecule has 1 saturated heterocycles. The molecule has 1 aliphatic heterocycles. The fraction of sp³-hybridized carbons (Fsp3) is 0.320. The maximum absolute atomic E-state index is 13.4. The number of aromatic nitrogens is 5. The number of benzene rings is 1. The van der Waals surface area contributed by atoms with E-state index < -0.39 is 0 Å². The van der Waals surface area contributed by atoms with Crippen LogP contribution in [0, 0.1) is 0 Å². The van der Waals surface area contributed by atoms with Crippen LogP contribution in [0.25, 0.3) is 5.95 Å². The molecule has 2 atom stereocenters. The highest BCUT2D eigenvalue weighted by Crippen LogP contribution is 2.36.